The van der Waals surface area contributed by atoms with E-state index in [1.807, 2.05) is 31.3 Å². The van der Waals surface area contributed by atoms with Crippen LogP contribution in [0, 0.1) is 5.41 Å². The summed E-state index contributed by atoms with van der Waals surface area (Å²) >= 11 is 0. The van der Waals surface area contributed by atoms with Gasteiger partial charge in [0, 0.05) is 31.1 Å². The lowest BCUT2D eigenvalue weighted by Crippen LogP contribution is -2.48. The molecule has 138 valence electrons. The maximum absolute atomic E-state index is 13.0. The summed E-state index contributed by atoms with van der Waals surface area (Å²) in [6.07, 6.45) is 7.32. The van der Waals surface area contributed by atoms with Crippen molar-refractivity contribution < 1.29 is 14.3 Å². The van der Waals surface area contributed by atoms with Gasteiger partial charge in [0.05, 0.1) is 12.5 Å². The van der Waals surface area contributed by atoms with Crippen molar-refractivity contribution >= 4 is 11.8 Å². The van der Waals surface area contributed by atoms with Gasteiger partial charge in [-0.2, -0.15) is 0 Å². The standard InChI is InChI=1S/C21H26N2O3/c1-23-17-4-3-10-20(17,11-9-18(23)24)14-22-19(25)21(12-13-21)15-5-7-16(26-2)8-6-15/h4-8H,3,9-14H2,1-2H3,(H,22,25). The lowest BCUT2D eigenvalue weighted by Gasteiger charge is -2.41. The molecule has 1 aromatic carbocycles. The highest BCUT2D eigenvalue weighted by molar-refractivity contribution is 5.91. The summed E-state index contributed by atoms with van der Waals surface area (Å²) < 4.78 is 5.22. The van der Waals surface area contributed by atoms with Crippen LogP contribution in [0.2, 0.25) is 0 Å². The lowest BCUT2D eigenvalue weighted by atomic mass is 9.76. The van der Waals surface area contributed by atoms with Crippen LogP contribution >= 0.6 is 0 Å². The number of hydrogen-bond acceptors (Lipinski definition) is 3. The Morgan fingerprint density at radius 2 is 1.92 bits per heavy atom. The minimum absolute atomic E-state index is 0.0751. The zero-order valence-corrected chi connectivity index (χ0v) is 15.5. The quantitative estimate of drug-likeness (QED) is 0.884. The fourth-order valence-electron chi connectivity index (χ4n) is 4.59. The predicted molar refractivity (Wildman–Crippen MR) is 98.7 cm³/mol. The van der Waals surface area contributed by atoms with Gasteiger partial charge < -0.3 is 15.0 Å². The molecule has 5 nitrogen and oxygen atoms in total. The number of carbonyl (C=O) groups is 2. The summed E-state index contributed by atoms with van der Waals surface area (Å²) in [5.41, 5.74) is 1.70. The van der Waals surface area contributed by atoms with Crippen LogP contribution in [0.25, 0.3) is 0 Å². The van der Waals surface area contributed by atoms with E-state index >= 15 is 0 Å². The van der Waals surface area contributed by atoms with Gasteiger partial charge in [0.15, 0.2) is 0 Å². The SMILES string of the molecule is COc1ccc(C2(C(=O)NCC34CCC=C3N(C)C(=O)CC4)CC2)cc1. The molecule has 1 atom stereocenters. The molecule has 1 N–H and O–H groups in total. The second-order valence-corrected chi connectivity index (χ2v) is 7.85. The maximum atomic E-state index is 13.0. The van der Waals surface area contributed by atoms with E-state index in [-0.39, 0.29) is 22.6 Å². The van der Waals surface area contributed by atoms with Crippen LogP contribution in [0.4, 0.5) is 0 Å². The Hall–Kier alpha value is -2.30. The number of nitrogens with zero attached hydrogens (tertiary/aromatic N) is 1. The first kappa shape index (κ1) is 17.1. The fourth-order valence-corrected chi connectivity index (χ4v) is 4.59. The van der Waals surface area contributed by atoms with Crippen LogP contribution in [0.5, 0.6) is 5.75 Å². The second-order valence-electron chi connectivity index (χ2n) is 7.85. The third kappa shape index (κ3) is 2.61. The smallest absolute Gasteiger partial charge is 0.230 e. The average molecular weight is 354 g/mol. The number of allylic oxidation sites excluding steroid dienone is 1. The van der Waals surface area contributed by atoms with E-state index in [4.69, 9.17) is 4.74 Å². The normalized spacial score (nSPS) is 26.2. The zero-order chi connectivity index (χ0) is 18.4. The number of nitrogens with one attached hydrogen (secondary N) is 1. The molecule has 0 radical (unpaired) electrons. The van der Waals surface area contributed by atoms with Crippen LogP contribution in [0.1, 0.15) is 44.1 Å². The van der Waals surface area contributed by atoms with E-state index in [9.17, 15) is 9.59 Å². The van der Waals surface area contributed by atoms with Crippen LogP contribution in [0.15, 0.2) is 36.0 Å². The summed E-state index contributed by atoms with van der Waals surface area (Å²) in [5, 5.41) is 3.23. The third-order valence-electron chi connectivity index (χ3n) is 6.47. The van der Waals surface area contributed by atoms with Gasteiger partial charge in [0.25, 0.3) is 0 Å². The molecule has 1 aliphatic heterocycles. The van der Waals surface area contributed by atoms with Gasteiger partial charge in [0.1, 0.15) is 5.75 Å². The van der Waals surface area contributed by atoms with Crippen molar-refractivity contribution in [3.05, 3.63) is 41.6 Å². The Labute approximate surface area is 154 Å². The Morgan fingerprint density at radius 1 is 1.19 bits per heavy atom. The maximum Gasteiger partial charge on any atom is 0.230 e. The highest BCUT2D eigenvalue weighted by Crippen LogP contribution is 2.50. The minimum Gasteiger partial charge on any atom is -0.497 e. The number of carbonyl (C=O) groups excluding carboxylic acids is 2. The molecule has 3 aliphatic rings. The molecule has 0 spiro atoms. The molecular weight excluding hydrogens is 328 g/mol. The molecule has 2 amide bonds. The molecule has 0 bridgehead atoms. The first-order valence-electron chi connectivity index (χ1n) is 9.41. The number of benzene rings is 1. The Kier molecular flexibility index (Phi) is 4.05. The summed E-state index contributed by atoms with van der Waals surface area (Å²) in [6, 6.07) is 7.83. The molecule has 1 saturated heterocycles. The van der Waals surface area contributed by atoms with E-state index in [2.05, 4.69) is 11.4 Å². The van der Waals surface area contributed by atoms with Crippen molar-refractivity contribution in [3.63, 3.8) is 0 Å². The first-order valence-corrected chi connectivity index (χ1v) is 9.41. The summed E-state index contributed by atoms with van der Waals surface area (Å²) in [4.78, 5) is 26.8. The first-order chi connectivity index (χ1) is 12.5. The van der Waals surface area contributed by atoms with Crippen LogP contribution in [-0.4, -0.2) is 37.4 Å². The number of piperidine rings is 1. The molecule has 1 heterocycles. The summed E-state index contributed by atoms with van der Waals surface area (Å²) in [7, 11) is 3.50. The third-order valence-corrected chi connectivity index (χ3v) is 6.47. The van der Waals surface area contributed by atoms with Crippen molar-refractivity contribution in [3.8, 4) is 5.75 Å². The average Bonchev–Trinajstić information content (AvgIpc) is 3.37. The number of likely N-dealkylation sites (tertiary alicyclic amines) is 1. The molecule has 1 aromatic rings. The highest BCUT2D eigenvalue weighted by Gasteiger charge is 2.52. The van der Waals surface area contributed by atoms with Gasteiger partial charge in [-0.05, 0) is 49.8 Å². The van der Waals surface area contributed by atoms with Gasteiger partial charge in [0.2, 0.25) is 11.8 Å². The second kappa shape index (κ2) is 6.15. The number of ether oxygens (including phenoxy) is 1. The van der Waals surface area contributed by atoms with Crippen LogP contribution in [-0.2, 0) is 15.0 Å². The molecule has 26 heavy (non-hydrogen) atoms. The van der Waals surface area contributed by atoms with E-state index in [1.165, 1.54) is 0 Å². The predicted octanol–water partition coefficient (Wildman–Crippen LogP) is 2.76. The zero-order valence-electron chi connectivity index (χ0n) is 15.5. The monoisotopic (exact) mass is 354 g/mol. The molecule has 2 fully saturated rings. The largest absolute Gasteiger partial charge is 0.497 e. The summed E-state index contributed by atoms with van der Waals surface area (Å²) in [5.74, 6) is 1.10. The van der Waals surface area contributed by atoms with E-state index < -0.39 is 0 Å². The van der Waals surface area contributed by atoms with E-state index in [1.54, 1.807) is 12.0 Å². The molecule has 1 saturated carbocycles. The summed E-state index contributed by atoms with van der Waals surface area (Å²) in [6.45, 7) is 0.618. The highest BCUT2D eigenvalue weighted by atomic mass is 16.5. The Balaban J connectivity index is 1.47. The molecule has 5 heteroatoms. The Morgan fingerprint density at radius 3 is 2.58 bits per heavy atom. The van der Waals surface area contributed by atoms with Crippen molar-refractivity contribution in [1.29, 1.82) is 0 Å². The van der Waals surface area contributed by atoms with Crippen molar-refractivity contribution in [1.82, 2.24) is 10.2 Å². The van der Waals surface area contributed by atoms with E-state index in [0.717, 1.165) is 49.1 Å². The van der Waals surface area contributed by atoms with Gasteiger partial charge in [-0.25, -0.2) is 0 Å². The van der Waals surface area contributed by atoms with Gasteiger partial charge >= 0.3 is 0 Å². The minimum atomic E-state index is -0.387. The Bertz CT molecular complexity index is 764. The molecule has 4 rings (SSSR count). The molecule has 0 aromatic heterocycles. The number of rotatable bonds is 5. The fraction of sp³-hybridized carbons (Fsp3) is 0.524. The molecular formula is C21H26N2O3. The molecule has 1 unspecified atom stereocenters. The topological polar surface area (TPSA) is 58.6 Å². The van der Waals surface area contributed by atoms with Crippen LogP contribution < -0.4 is 10.1 Å². The number of hydrogen-bond donors (Lipinski definition) is 1. The van der Waals surface area contributed by atoms with Gasteiger partial charge in [-0.3, -0.25) is 9.59 Å². The molecule has 2 aliphatic carbocycles. The number of methoxy groups -OCH3 is 1. The van der Waals surface area contributed by atoms with Crippen molar-refractivity contribution in [2.24, 2.45) is 5.41 Å². The van der Waals surface area contributed by atoms with Gasteiger partial charge in [-0.1, -0.05) is 18.2 Å². The number of fused-ring (bicyclic) bond motifs is 1. The number of amides is 2. The van der Waals surface area contributed by atoms with Crippen molar-refractivity contribution in [2.45, 2.75) is 43.9 Å². The van der Waals surface area contributed by atoms with Crippen molar-refractivity contribution in [2.75, 3.05) is 20.7 Å². The lowest BCUT2D eigenvalue weighted by molar-refractivity contribution is -0.132. The van der Waals surface area contributed by atoms with Gasteiger partial charge in [-0.15, -0.1) is 0 Å². The van der Waals surface area contributed by atoms with E-state index in [0.29, 0.717) is 13.0 Å². The van der Waals surface area contributed by atoms with Crippen LogP contribution in [0.3, 0.4) is 0 Å².